The zero-order valence-corrected chi connectivity index (χ0v) is 11.2. The lowest BCUT2D eigenvalue weighted by molar-refractivity contribution is 0.0663. The lowest BCUT2D eigenvalue weighted by Gasteiger charge is -2.18. The standard InChI is InChI=1S/C13H15F2NO4/c1-3-20-5-4-16(2)12(17)8-6-10(14)11(15)7-9(8)13(18)19/h6-7H,3-5H2,1-2H3,(H,18,19). The van der Waals surface area contributed by atoms with Crippen molar-refractivity contribution in [2.24, 2.45) is 0 Å². The minimum atomic E-state index is -1.49. The Kier molecular flexibility index (Phi) is 5.57. The van der Waals surface area contributed by atoms with Gasteiger partial charge in [-0.25, -0.2) is 13.6 Å². The number of likely N-dealkylation sites (N-methyl/N-ethyl adjacent to an activating group) is 1. The minimum Gasteiger partial charge on any atom is -0.478 e. The smallest absolute Gasteiger partial charge is 0.336 e. The van der Waals surface area contributed by atoms with Crippen LogP contribution in [-0.4, -0.2) is 48.7 Å². The second-order valence-corrected chi connectivity index (χ2v) is 4.04. The van der Waals surface area contributed by atoms with Crippen molar-refractivity contribution >= 4 is 11.9 Å². The predicted molar refractivity (Wildman–Crippen MR) is 66.8 cm³/mol. The molecule has 5 nitrogen and oxygen atoms in total. The van der Waals surface area contributed by atoms with Crippen LogP contribution in [0.5, 0.6) is 0 Å². The lowest BCUT2D eigenvalue weighted by Crippen LogP contribution is -2.31. The Morgan fingerprint density at radius 2 is 1.80 bits per heavy atom. The van der Waals surface area contributed by atoms with Crippen molar-refractivity contribution in [2.45, 2.75) is 6.92 Å². The van der Waals surface area contributed by atoms with Gasteiger partial charge in [0.25, 0.3) is 5.91 Å². The van der Waals surface area contributed by atoms with Crippen LogP contribution in [0.1, 0.15) is 27.6 Å². The molecule has 0 aliphatic carbocycles. The first-order valence-corrected chi connectivity index (χ1v) is 5.94. The number of carboxylic acids is 1. The van der Waals surface area contributed by atoms with E-state index >= 15 is 0 Å². The van der Waals surface area contributed by atoms with Gasteiger partial charge in [0.15, 0.2) is 11.6 Å². The Labute approximate surface area is 114 Å². The normalized spacial score (nSPS) is 10.4. The average Bonchev–Trinajstić information content (AvgIpc) is 2.40. The van der Waals surface area contributed by atoms with E-state index in [0.717, 1.165) is 0 Å². The molecule has 0 spiro atoms. The van der Waals surface area contributed by atoms with Crippen molar-refractivity contribution in [1.82, 2.24) is 4.90 Å². The third-order valence-corrected chi connectivity index (χ3v) is 2.64. The molecule has 0 heterocycles. The zero-order valence-electron chi connectivity index (χ0n) is 11.2. The molecule has 0 saturated carbocycles. The summed E-state index contributed by atoms with van der Waals surface area (Å²) < 4.78 is 31.3. The number of ether oxygens (including phenoxy) is 1. The van der Waals surface area contributed by atoms with E-state index in [-0.39, 0.29) is 13.2 Å². The number of carbonyl (C=O) groups excluding carboxylic acids is 1. The highest BCUT2D eigenvalue weighted by Crippen LogP contribution is 2.17. The number of halogens is 2. The van der Waals surface area contributed by atoms with E-state index in [1.54, 1.807) is 6.92 Å². The molecule has 0 saturated heterocycles. The van der Waals surface area contributed by atoms with Crippen LogP contribution in [0.15, 0.2) is 12.1 Å². The molecule has 0 aromatic heterocycles. The molecule has 1 amide bonds. The molecule has 1 N–H and O–H groups in total. The Morgan fingerprint density at radius 3 is 2.30 bits per heavy atom. The van der Waals surface area contributed by atoms with Crippen LogP contribution < -0.4 is 0 Å². The van der Waals surface area contributed by atoms with E-state index in [1.165, 1.54) is 11.9 Å². The average molecular weight is 287 g/mol. The molecule has 1 rings (SSSR count). The summed E-state index contributed by atoms with van der Waals surface area (Å²) in [7, 11) is 1.42. The quantitative estimate of drug-likeness (QED) is 0.810. The van der Waals surface area contributed by atoms with Gasteiger partial charge in [-0.05, 0) is 19.1 Å². The molecule has 0 bridgehead atoms. The fourth-order valence-electron chi connectivity index (χ4n) is 1.55. The fourth-order valence-corrected chi connectivity index (χ4v) is 1.55. The summed E-state index contributed by atoms with van der Waals surface area (Å²) in [5.74, 6) is -4.78. The Hall–Kier alpha value is -2.02. The van der Waals surface area contributed by atoms with E-state index in [4.69, 9.17) is 9.84 Å². The van der Waals surface area contributed by atoms with E-state index in [2.05, 4.69) is 0 Å². The lowest BCUT2D eigenvalue weighted by atomic mass is 10.1. The third kappa shape index (κ3) is 3.74. The van der Waals surface area contributed by atoms with Gasteiger partial charge in [-0.1, -0.05) is 0 Å². The zero-order chi connectivity index (χ0) is 15.3. The maximum Gasteiger partial charge on any atom is 0.336 e. The number of amides is 1. The SMILES string of the molecule is CCOCCN(C)C(=O)c1cc(F)c(F)cc1C(=O)O. The minimum absolute atomic E-state index is 0.213. The van der Waals surface area contributed by atoms with Gasteiger partial charge in [0.1, 0.15) is 0 Å². The summed E-state index contributed by atoms with van der Waals surface area (Å²) >= 11 is 0. The van der Waals surface area contributed by atoms with Gasteiger partial charge in [-0.15, -0.1) is 0 Å². The second-order valence-electron chi connectivity index (χ2n) is 4.04. The maximum absolute atomic E-state index is 13.2. The van der Waals surface area contributed by atoms with Crippen LogP contribution in [0.2, 0.25) is 0 Å². The molecule has 110 valence electrons. The van der Waals surface area contributed by atoms with E-state index in [9.17, 15) is 18.4 Å². The number of carbonyl (C=O) groups is 2. The highest BCUT2D eigenvalue weighted by molar-refractivity contribution is 6.04. The molecule has 1 aromatic carbocycles. The van der Waals surface area contributed by atoms with Gasteiger partial charge in [0.05, 0.1) is 17.7 Å². The van der Waals surface area contributed by atoms with Crippen molar-refractivity contribution < 1.29 is 28.2 Å². The summed E-state index contributed by atoms with van der Waals surface area (Å²) in [6.45, 7) is 2.75. The number of hydrogen-bond donors (Lipinski definition) is 1. The van der Waals surface area contributed by atoms with Crippen molar-refractivity contribution in [3.8, 4) is 0 Å². The van der Waals surface area contributed by atoms with E-state index < -0.39 is 34.6 Å². The summed E-state index contributed by atoms with van der Waals surface area (Å²) in [4.78, 5) is 24.2. The van der Waals surface area contributed by atoms with Crippen molar-refractivity contribution in [2.75, 3.05) is 26.8 Å². The summed E-state index contributed by atoms with van der Waals surface area (Å²) in [5.41, 5.74) is -0.965. The van der Waals surface area contributed by atoms with Gasteiger partial charge >= 0.3 is 5.97 Å². The molecular formula is C13H15F2NO4. The van der Waals surface area contributed by atoms with Crippen molar-refractivity contribution in [3.63, 3.8) is 0 Å². The molecular weight excluding hydrogens is 272 g/mol. The Morgan fingerprint density at radius 1 is 1.25 bits per heavy atom. The topological polar surface area (TPSA) is 66.8 Å². The van der Waals surface area contributed by atoms with Gasteiger partial charge < -0.3 is 14.7 Å². The Balaban J connectivity index is 3.02. The molecule has 0 aliphatic rings. The Bertz CT molecular complexity index is 519. The highest BCUT2D eigenvalue weighted by Gasteiger charge is 2.22. The van der Waals surface area contributed by atoms with E-state index in [1.807, 2.05) is 0 Å². The van der Waals surface area contributed by atoms with Crippen molar-refractivity contribution in [3.05, 3.63) is 34.9 Å². The number of nitrogens with zero attached hydrogens (tertiary/aromatic N) is 1. The largest absolute Gasteiger partial charge is 0.478 e. The molecule has 1 aromatic rings. The molecule has 20 heavy (non-hydrogen) atoms. The van der Waals surface area contributed by atoms with Crippen LogP contribution in [0.25, 0.3) is 0 Å². The number of carboxylic acid groups (broad SMARTS) is 1. The molecule has 0 aliphatic heterocycles. The van der Waals surface area contributed by atoms with Crippen LogP contribution >= 0.6 is 0 Å². The number of benzene rings is 1. The molecule has 0 fully saturated rings. The number of aromatic carboxylic acids is 1. The number of hydrogen-bond acceptors (Lipinski definition) is 3. The molecule has 0 atom stereocenters. The first kappa shape index (κ1) is 16.0. The van der Waals surface area contributed by atoms with Crippen LogP contribution in [0.3, 0.4) is 0 Å². The van der Waals surface area contributed by atoms with Gasteiger partial charge in [-0.3, -0.25) is 4.79 Å². The second kappa shape index (κ2) is 6.95. The first-order chi connectivity index (χ1) is 9.38. The summed E-state index contributed by atoms with van der Waals surface area (Å²) in [6.07, 6.45) is 0. The first-order valence-electron chi connectivity index (χ1n) is 5.94. The van der Waals surface area contributed by atoms with Gasteiger partial charge in [0.2, 0.25) is 0 Å². The maximum atomic E-state index is 13.2. The van der Waals surface area contributed by atoms with Gasteiger partial charge in [0, 0.05) is 20.2 Å². The molecule has 0 unspecified atom stereocenters. The summed E-state index contributed by atoms with van der Waals surface area (Å²) in [6, 6.07) is 1.10. The highest BCUT2D eigenvalue weighted by atomic mass is 19.2. The third-order valence-electron chi connectivity index (χ3n) is 2.64. The van der Waals surface area contributed by atoms with Crippen LogP contribution in [0, 0.1) is 11.6 Å². The van der Waals surface area contributed by atoms with Crippen LogP contribution in [0.4, 0.5) is 8.78 Å². The monoisotopic (exact) mass is 287 g/mol. The molecule has 7 heteroatoms. The fraction of sp³-hybridized carbons (Fsp3) is 0.385. The number of rotatable bonds is 6. The van der Waals surface area contributed by atoms with Crippen molar-refractivity contribution in [1.29, 1.82) is 0 Å². The van der Waals surface area contributed by atoms with Gasteiger partial charge in [-0.2, -0.15) is 0 Å². The predicted octanol–water partition coefficient (Wildman–Crippen LogP) is 1.77. The summed E-state index contributed by atoms with van der Waals surface area (Å²) in [5, 5.41) is 8.94. The molecule has 0 radical (unpaired) electrons. The van der Waals surface area contributed by atoms with E-state index in [0.29, 0.717) is 18.7 Å². The van der Waals surface area contributed by atoms with Crippen LogP contribution in [-0.2, 0) is 4.74 Å².